The summed E-state index contributed by atoms with van der Waals surface area (Å²) in [6, 6.07) is 10.6. The summed E-state index contributed by atoms with van der Waals surface area (Å²) < 4.78 is 0. The summed E-state index contributed by atoms with van der Waals surface area (Å²) in [6.45, 7) is 7.37. The smallest absolute Gasteiger partial charge is 0.222 e. The minimum absolute atomic E-state index is 0.322. The van der Waals surface area contributed by atoms with Gasteiger partial charge in [0.15, 0.2) is 5.96 Å². The van der Waals surface area contributed by atoms with Crippen molar-refractivity contribution in [2.45, 2.75) is 45.4 Å². The Morgan fingerprint density at radius 2 is 1.96 bits per heavy atom. The summed E-state index contributed by atoms with van der Waals surface area (Å²) >= 11 is 0. The molecule has 1 N–H and O–H groups in total. The molecule has 0 aromatic heterocycles. The highest BCUT2D eigenvalue weighted by atomic mass is 16.2. The van der Waals surface area contributed by atoms with Gasteiger partial charge in [-0.05, 0) is 43.7 Å². The van der Waals surface area contributed by atoms with E-state index in [4.69, 9.17) is 4.99 Å². The molecule has 0 spiro atoms. The third kappa shape index (κ3) is 5.85. The molecular formula is C23H34N4O. The third-order valence-corrected chi connectivity index (χ3v) is 5.51. The van der Waals surface area contributed by atoms with E-state index in [9.17, 15) is 4.79 Å². The van der Waals surface area contributed by atoms with Crippen LogP contribution in [0.2, 0.25) is 0 Å². The number of likely N-dealkylation sites (tertiary alicyclic amines) is 1. The van der Waals surface area contributed by atoms with Crippen molar-refractivity contribution in [3.63, 3.8) is 0 Å². The molecule has 0 aliphatic carbocycles. The average molecular weight is 383 g/mol. The summed E-state index contributed by atoms with van der Waals surface area (Å²) in [5, 5.41) is 3.43. The number of nitrogens with one attached hydrogen (secondary N) is 1. The Labute approximate surface area is 169 Å². The Bertz CT molecular complexity index is 683. The molecule has 5 heteroatoms. The first-order valence-electron chi connectivity index (χ1n) is 10.8. The number of carbonyl (C=O) groups is 1. The zero-order valence-electron chi connectivity index (χ0n) is 17.2. The minimum Gasteiger partial charge on any atom is -0.357 e. The Hall–Kier alpha value is -2.30. The molecule has 1 fully saturated rings. The second-order valence-corrected chi connectivity index (χ2v) is 7.57. The van der Waals surface area contributed by atoms with Gasteiger partial charge in [0.05, 0.1) is 0 Å². The maximum absolute atomic E-state index is 12.1. The van der Waals surface area contributed by atoms with Crippen LogP contribution in [0.25, 0.3) is 5.57 Å². The lowest BCUT2D eigenvalue weighted by Crippen LogP contribution is -2.43. The van der Waals surface area contributed by atoms with Crippen molar-refractivity contribution in [2.75, 3.05) is 39.3 Å². The van der Waals surface area contributed by atoms with Gasteiger partial charge in [-0.15, -0.1) is 0 Å². The highest BCUT2D eigenvalue weighted by molar-refractivity contribution is 5.81. The van der Waals surface area contributed by atoms with Gasteiger partial charge in [-0.2, -0.15) is 0 Å². The van der Waals surface area contributed by atoms with Crippen molar-refractivity contribution >= 4 is 17.4 Å². The zero-order chi connectivity index (χ0) is 19.6. The first kappa shape index (κ1) is 20.4. The molecule has 1 amide bonds. The van der Waals surface area contributed by atoms with Crippen LogP contribution in [0, 0.1) is 0 Å². The van der Waals surface area contributed by atoms with E-state index in [1.54, 1.807) is 0 Å². The van der Waals surface area contributed by atoms with E-state index in [1.165, 1.54) is 17.6 Å². The Morgan fingerprint density at radius 3 is 2.71 bits per heavy atom. The predicted octanol–water partition coefficient (Wildman–Crippen LogP) is 3.53. The van der Waals surface area contributed by atoms with Gasteiger partial charge in [-0.25, -0.2) is 0 Å². The van der Waals surface area contributed by atoms with Gasteiger partial charge >= 0.3 is 0 Å². The van der Waals surface area contributed by atoms with Crippen LogP contribution in [-0.2, 0) is 4.79 Å². The molecule has 1 saturated heterocycles. The molecule has 0 radical (unpaired) electrons. The maximum Gasteiger partial charge on any atom is 0.222 e. The second kappa shape index (κ2) is 10.9. The number of guanidine groups is 1. The molecule has 152 valence electrons. The molecule has 1 aromatic rings. The van der Waals surface area contributed by atoms with E-state index < -0.39 is 0 Å². The largest absolute Gasteiger partial charge is 0.357 e. The van der Waals surface area contributed by atoms with Gasteiger partial charge in [0.2, 0.25) is 5.91 Å². The molecule has 2 aliphatic rings. The number of hydrogen-bond donors (Lipinski definition) is 1. The molecule has 0 atom stereocenters. The first-order valence-corrected chi connectivity index (χ1v) is 10.8. The van der Waals surface area contributed by atoms with Gasteiger partial charge in [-0.1, -0.05) is 42.8 Å². The lowest BCUT2D eigenvalue weighted by molar-refractivity contribution is -0.130. The van der Waals surface area contributed by atoms with Crippen LogP contribution in [0.15, 0.2) is 41.4 Å². The van der Waals surface area contributed by atoms with Crippen LogP contribution in [0.5, 0.6) is 0 Å². The molecule has 0 saturated carbocycles. The normalized spacial score (nSPS) is 18.7. The topological polar surface area (TPSA) is 47.9 Å². The lowest BCUT2D eigenvalue weighted by Gasteiger charge is -2.30. The number of nitrogens with zero attached hydrogens (tertiary/aromatic N) is 3. The van der Waals surface area contributed by atoms with E-state index in [0.717, 1.165) is 77.3 Å². The fraction of sp³-hybridized carbons (Fsp3) is 0.565. The van der Waals surface area contributed by atoms with Crippen molar-refractivity contribution in [1.29, 1.82) is 0 Å². The number of amides is 1. The number of carbonyl (C=O) groups excluding carboxylic acids is 1. The summed E-state index contributed by atoms with van der Waals surface area (Å²) in [4.78, 5) is 21.3. The van der Waals surface area contributed by atoms with E-state index in [2.05, 4.69) is 53.5 Å². The van der Waals surface area contributed by atoms with Gasteiger partial charge in [0, 0.05) is 45.7 Å². The van der Waals surface area contributed by atoms with Crippen molar-refractivity contribution in [1.82, 2.24) is 15.1 Å². The lowest BCUT2D eigenvalue weighted by atomic mass is 10.00. The first-order chi connectivity index (χ1) is 13.8. The highest BCUT2D eigenvalue weighted by Crippen LogP contribution is 2.22. The average Bonchev–Trinajstić information content (AvgIpc) is 2.95. The highest BCUT2D eigenvalue weighted by Gasteiger charge is 2.17. The zero-order valence-corrected chi connectivity index (χ0v) is 17.2. The monoisotopic (exact) mass is 382 g/mol. The summed E-state index contributed by atoms with van der Waals surface area (Å²) in [6.07, 6.45) is 8.37. The van der Waals surface area contributed by atoms with Crippen LogP contribution in [0.1, 0.15) is 51.0 Å². The molecule has 0 bridgehead atoms. The SMILES string of the molecule is CCNC(=NCCCN1CCCCCC1=O)N1CC=C(c2ccccc2)CC1. The molecule has 0 unspecified atom stereocenters. The molecule has 3 rings (SSSR count). The van der Waals surface area contributed by atoms with Gasteiger partial charge in [0.1, 0.15) is 0 Å². The summed E-state index contributed by atoms with van der Waals surface area (Å²) in [5.74, 6) is 1.32. The predicted molar refractivity (Wildman–Crippen MR) is 116 cm³/mol. The fourth-order valence-corrected chi connectivity index (χ4v) is 3.92. The standard InChI is InChI=1S/C23H34N4O/c1-2-24-23(25-15-9-17-26-16-8-4-7-12-22(26)28)27-18-13-21(14-19-27)20-10-5-3-6-11-20/h3,5-6,10-11,13H,2,4,7-9,12,14-19H2,1H3,(H,24,25). The minimum atomic E-state index is 0.322. The van der Waals surface area contributed by atoms with Gasteiger partial charge in [0.25, 0.3) is 0 Å². The Kier molecular flexibility index (Phi) is 7.94. The maximum atomic E-state index is 12.1. The summed E-state index contributed by atoms with van der Waals surface area (Å²) in [5.41, 5.74) is 2.75. The van der Waals surface area contributed by atoms with Crippen molar-refractivity contribution in [3.8, 4) is 0 Å². The van der Waals surface area contributed by atoms with Crippen molar-refractivity contribution < 1.29 is 4.79 Å². The van der Waals surface area contributed by atoms with E-state index in [0.29, 0.717) is 5.91 Å². The molecule has 28 heavy (non-hydrogen) atoms. The van der Waals surface area contributed by atoms with E-state index in [-0.39, 0.29) is 0 Å². The molecular weight excluding hydrogens is 348 g/mol. The Balaban J connectivity index is 1.51. The quantitative estimate of drug-likeness (QED) is 0.465. The van der Waals surface area contributed by atoms with Crippen LogP contribution in [-0.4, -0.2) is 60.9 Å². The second-order valence-electron chi connectivity index (χ2n) is 7.57. The number of hydrogen-bond acceptors (Lipinski definition) is 2. The van der Waals surface area contributed by atoms with E-state index >= 15 is 0 Å². The van der Waals surface area contributed by atoms with Crippen LogP contribution in [0.3, 0.4) is 0 Å². The number of rotatable bonds is 6. The number of aliphatic imine (C=N–C) groups is 1. The third-order valence-electron chi connectivity index (χ3n) is 5.51. The summed E-state index contributed by atoms with van der Waals surface area (Å²) in [7, 11) is 0. The molecule has 2 heterocycles. The molecule has 1 aromatic carbocycles. The molecule has 2 aliphatic heterocycles. The van der Waals surface area contributed by atoms with Gasteiger partial charge in [-0.3, -0.25) is 9.79 Å². The fourth-order valence-electron chi connectivity index (χ4n) is 3.92. The van der Waals surface area contributed by atoms with Crippen molar-refractivity contribution in [2.24, 2.45) is 4.99 Å². The van der Waals surface area contributed by atoms with Crippen molar-refractivity contribution in [3.05, 3.63) is 42.0 Å². The molecule has 5 nitrogen and oxygen atoms in total. The Morgan fingerprint density at radius 1 is 1.11 bits per heavy atom. The number of benzene rings is 1. The van der Waals surface area contributed by atoms with E-state index in [1.807, 2.05) is 4.90 Å². The van der Waals surface area contributed by atoms with Crippen LogP contribution >= 0.6 is 0 Å². The van der Waals surface area contributed by atoms with Crippen LogP contribution in [0.4, 0.5) is 0 Å². The van der Waals surface area contributed by atoms with Crippen LogP contribution < -0.4 is 5.32 Å². The van der Waals surface area contributed by atoms with Gasteiger partial charge < -0.3 is 15.1 Å².